The highest BCUT2D eigenvalue weighted by Gasteiger charge is 2.16. The molecule has 1 heterocycles. The Bertz CT molecular complexity index is 215. The van der Waals surface area contributed by atoms with Crippen LogP contribution in [0.25, 0.3) is 0 Å². The molecule has 0 aromatic rings. The van der Waals surface area contributed by atoms with E-state index in [2.05, 4.69) is 17.6 Å². The molecule has 0 aromatic carbocycles. The summed E-state index contributed by atoms with van der Waals surface area (Å²) in [5, 5.41) is 7.47. The Hall–Kier alpha value is -0.0800. The van der Waals surface area contributed by atoms with Gasteiger partial charge in [-0.1, -0.05) is 44.9 Å². The minimum absolute atomic E-state index is 0.680. The molecular formula is C17H34N2. The molecule has 112 valence electrons. The van der Waals surface area contributed by atoms with Gasteiger partial charge in [-0.05, 0) is 51.6 Å². The van der Waals surface area contributed by atoms with Crippen LogP contribution in [0.4, 0.5) is 0 Å². The SMILES string of the molecule is CC(CC1CCCCCN1)NCCC1CCCCC1. The van der Waals surface area contributed by atoms with Crippen molar-refractivity contribution < 1.29 is 0 Å². The van der Waals surface area contributed by atoms with Crippen LogP contribution in [0.5, 0.6) is 0 Å². The predicted molar refractivity (Wildman–Crippen MR) is 83.5 cm³/mol. The Morgan fingerprint density at radius 3 is 2.58 bits per heavy atom. The van der Waals surface area contributed by atoms with Crippen molar-refractivity contribution in [1.29, 1.82) is 0 Å². The van der Waals surface area contributed by atoms with Gasteiger partial charge in [-0.3, -0.25) is 0 Å². The lowest BCUT2D eigenvalue weighted by Crippen LogP contribution is -2.37. The van der Waals surface area contributed by atoms with Crippen molar-refractivity contribution in [2.75, 3.05) is 13.1 Å². The van der Waals surface area contributed by atoms with Gasteiger partial charge in [0, 0.05) is 12.1 Å². The van der Waals surface area contributed by atoms with Gasteiger partial charge in [0.25, 0.3) is 0 Å². The summed E-state index contributed by atoms with van der Waals surface area (Å²) < 4.78 is 0. The maximum Gasteiger partial charge on any atom is 0.00817 e. The van der Waals surface area contributed by atoms with Crippen molar-refractivity contribution in [3.8, 4) is 0 Å². The van der Waals surface area contributed by atoms with Crippen molar-refractivity contribution in [2.24, 2.45) is 5.92 Å². The summed E-state index contributed by atoms with van der Waals surface area (Å²) in [6.07, 6.45) is 15.7. The highest BCUT2D eigenvalue weighted by atomic mass is 14.9. The van der Waals surface area contributed by atoms with Crippen molar-refractivity contribution in [3.05, 3.63) is 0 Å². The van der Waals surface area contributed by atoms with Gasteiger partial charge in [0.15, 0.2) is 0 Å². The third kappa shape index (κ3) is 6.27. The van der Waals surface area contributed by atoms with E-state index in [9.17, 15) is 0 Å². The molecule has 2 atom stereocenters. The Labute approximate surface area is 120 Å². The molecule has 2 unspecified atom stereocenters. The standard InChI is InChI=1S/C17H34N2/c1-15(14-17-10-6-3-7-12-19-17)18-13-11-16-8-4-2-5-9-16/h15-19H,2-14H2,1H3. The molecule has 1 aliphatic carbocycles. The zero-order valence-electron chi connectivity index (χ0n) is 12.9. The molecule has 2 rings (SSSR count). The van der Waals surface area contributed by atoms with Gasteiger partial charge in [-0.15, -0.1) is 0 Å². The molecule has 1 aliphatic heterocycles. The molecule has 0 spiro atoms. The quantitative estimate of drug-likeness (QED) is 0.763. The molecule has 2 fully saturated rings. The van der Waals surface area contributed by atoms with E-state index in [-0.39, 0.29) is 0 Å². The van der Waals surface area contributed by atoms with Crippen molar-refractivity contribution in [1.82, 2.24) is 10.6 Å². The maximum absolute atomic E-state index is 3.76. The highest BCUT2D eigenvalue weighted by molar-refractivity contribution is 4.76. The van der Waals surface area contributed by atoms with Crippen molar-refractivity contribution >= 4 is 0 Å². The van der Waals surface area contributed by atoms with Gasteiger partial charge in [-0.2, -0.15) is 0 Å². The van der Waals surface area contributed by atoms with E-state index in [1.807, 2.05) is 0 Å². The van der Waals surface area contributed by atoms with E-state index in [1.54, 1.807) is 0 Å². The lowest BCUT2D eigenvalue weighted by atomic mass is 9.87. The summed E-state index contributed by atoms with van der Waals surface area (Å²) in [4.78, 5) is 0. The average Bonchev–Trinajstić information content (AvgIpc) is 2.68. The Kier molecular flexibility index (Phi) is 7.23. The summed E-state index contributed by atoms with van der Waals surface area (Å²) in [6, 6.07) is 1.44. The second-order valence-electron chi connectivity index (χ2n) is 6.88. The molecule has 0 amide bonds. The van der Waals surface area contributed by atoms with Crippen LogP contribution in [0.1, 0.15) is 77.6 Å². The minimum atomic E-state index is 0.680. The van der Waals surface area contributed by atoms with E-state index < -0.39 is 0 Å². The molecule has 2 N–H and O–H groups in total. The molecule has 1 saturated carbocycles. The van der Waals surface area contributed by atoms with Crippen LogP contribution >= 0.6 is 0 Å². The summed E-state index contributed by atoms with van der Waals surface area (Å²) in [5.74, 6) is 1.02. The molecule has 0 radical (unpaired) electrons. The number of hydrogen-bond donors (Lipinski definition) is 2. The summed E-state index contributed by atoms with van der Waals surface area (Å²) in [5.41, 5.74) is 0. The number of hydrogen-bond acceptors (Lipinski definition) is 2. The van der Waals surface area contributed by atoms with E-state index in [4.69, 9.17) is 0 Å². The van der Waals surface area contributed by atoms with Crippen LogP contribution in [0, 0.1) is 5.92 Å². The molecule has 2 nitrogen and oxygen atoms in total. The first-order valence-electron chi connectivity index (χ1n) is 8.81. The maximum atomic E-state index is 3.76. The van der Waals surface area contributed by atoms with Crippen LogP contribution in [-0.2, 0) is 0 Å². The van der Waals surface area contributed by atoms with Gasteiger partial charge >= 0.3 is 0 Å². The molecular weight excluding hydrogens is 232 g/mol. The smallest absolute Gasteiger partial charge is 0.00817 e. The monoisotopic (exact) mass is 266 g/mol. The van der Waals surface area contributed by atoms with Gasteiger partial charge in [-0.25, -0.2) is 0 Å². The summed E-state index contributed by atoms with van der Waals surface area (Å²) >= 11 is 0. The van der Waals surface area contributed by atoms with Crippen LogP contribution < -0.4 is 10.6 Å². The fourth-order valence-corrected chi connectivity index (χ4v) is 3.82. The normalized spacial score (nSPS) is 27.9. The molecule has 19 heavy (non-hydrogen) atoms. The Morgan fingerprint density at radius 2 is 1.74 bits per heavy atom. The Balaban J connectivity index is 1.54. The second kappa shape index (κ2) is 8.97. The minimum Gasteiger partial charge on any atom is -0.314 e. The lowest BCUT2D eigenvalue weighted by Gasteiger charge is -2.24. The first-order valence-corrected chi connectivity index (χ1v) is 8.81. The topological polar surface area (TPSA) is 24.1 Å². The Morgan fingerprint density at radius 1 is 1.00 bits per heavy atom. The third-order valence-corrected chi connectivity index (χ3v) is 5.07. The van der Waals surface area contributed by atoms with Crippen LogP contribution in [0.2, 0.25) is 0 Å². The van der Waals surface area contributed by atoms with Crippen LogP contribution in [0.15, 0.2) is 0 Å². The largest absolute Gasteiger partial charge is 0.314 e. The van der Waals surface area contributed by atoms with Gasteiger partial charge in [0.2, 0.25) is 0 Å². The van der Waals surface area contributed by atoms with E-state index >= 15 is 0 Å². The van der Waals surface area contributed by atoms with E-state index in [1.165, 1.54) is 83.7 Å². The molecule has 2 heteroatoms. The number of nitrogens with one attached hydrogen (secondary N) is 2. The number of rotatable bonds is 6. The third-order valence-electron chi connectivity index (χ3n) is 5.07. The summed E-state index contributed by atoms with van der Waals surface area (Å²) in [6.45, 7) is 4.84. The van der Waals surface area contributed by atoms with Gasteiger partial charge in [0.05, 0.1) is 0 Å². The fourth-order valence-electron chi connectivity index (χ4n) is 3.82. The first kappa shape index (κ1) is 15.3. The summed E-state index contributed by atoms with van der Waals surface area (Å²) in [7, 11) is 0. The average molecular weight is 266 g/mol. The zero-order chi connectivity index (χ0) is 13.3. The lowest BCUT2D eigenvalue weighted by molar-refractivity contribution is 0.322. The van der Waals surface area contributed by atoms with E-state index in [0.717, 1.165) is 12.0 Å². The van der Waals surface area contributed by atoms with Gasteiger partial charge in [0.1, 0.15) is 0 Å². The van der Waals surface area contributed by atoms with E-state index in [0.29, 0.717) is 6.04 Å². The van der Waals surface area contributed by atoms with Crippen molar-refractivity contribution in [3.63, 3.8) is 0 Å². The predicted octanol–water partition coefficient (Wildman–Crippen LogP) is 3.86. The molecule has 1 saturated heterocycles. The fraction of sp³-hybridized carbons (Fsp3) is 1.00. The zero-order valence-corrected chi connectivity index (χ0v) is 12.9. The highest BCUT2D eigenvalue weighted by Crippen LogP contribution is 2.25. The second-order valence-corrected chi connectivity index (χ2v) is 6.88. The molecule has 0 bridgehead atoms. The van der Waals surface area contributed by atoms with Crippen LogP contribution in [0.3, 0.4) is 0 Å². The molecule has 2 aliphatic rings. The molecule has 0 aromatic heterocycles. The van der Waals surface area contributed by atoms with Crippen molar-refractivity contribution in [2.45, 2.75) is 89.6 Å². The first-order chi connectivity index (χ1) is 9.34. The van der Waals surface area contributed by atoms with Gasteiger partial charge < -0.3 is 10.6 Å². The van der Waals surface area contributed by atoms with Crippen LogP contribution in [-0.4, -0.2) is 25.2 Å².